The molecule has 0 bridgehead atoms. The van der Waals surface area contributed by atoms with Gasteiger partial charge >= 0.3 is 11.6 Å². The van der Waals surface area contributed by atoms with E-state index in [2.05, 4.69) is 4.67 Å². The van der Waals surface area contributed by atoms with E-state index in [-0.39, 0.29) is 5.92 Å². The lowest BCUT2D eigenvalue weighted by Crippen LogP contribution is -2.46. The Kier molecular flexibility index (Phi) is 1.79. The molecule has 1 atom stereocenters. The van der Waals surface area contributed by atoms with Crippen molar-refractivity contribution in [2.75, 3.05) is 0 Å². The van der Waals surface area contributed by atoms with Crippen LogP contribution in [0, 0.1) is 5.92 Å². The van der Waals surface area contributed by atoms with Crippen molar-refractivity contribution in [2.45, 2.75) is 26.4 Å². The summed E-state index contributed by atoms with van der Waals surface area (Å²) in [5.41, 5.74) is 0.450. The van der Waals surface area contributed by atoms with Gasteiger partial charge in [-0.3, -0.25) is 0 Å². The zero-order valence-electron chi connectivity index (χ0n) is 8.61. The molecule has 2 rings (SSSR count). The summed E-state index contributed by atoms with van der Waals surface area (Å²) in [4.78, 5) is 0. The molecule has 0 aromatic rings. The second-order valence-corrected chi connectivity index (χ2v) is 4.14. The maximum absolute atomic E-state index is 9.77. The molecule has 0 amide bonds. The van der Waals surface area contributed by atoms with Gasteiger partial charge in [0.2, 0.25) is 0 Å². The van der Waals surface area contributed by atoms with Gasteiger partial charge in [-0.1, -0.05) is 10.7 Å². The van der Waals surface area contributed by atoms with Gasteiger partial charge in [-0.25, -0.2) is 0 Å². The molecule has 0 aromatic heterocycles. The minimum absolute atomic E-state index is 0.142. The smallest absolute Gasteiger partial charge is 0.459 e. The lowest BCUT2D eigenvalue weighted by molar-refractivity contribution is 0.0506. The monoisotopic (exact) mass is 192 g/mol. The van der Waals surface area contributed by atoms with Gasteiger partial charge in [0.25, 0.3) is 0 Å². The Hall–Kier alpha value is -1.47. The molecule has 14 heavy (non-hydrogen) atoms. The fourth-order valence-electron chi connectivity index (χ4n) is 2.05. The number of rotatable bonds is 0. The van der Waals surface area contributed by atoms with Crippen LogP contribution in [-0.2, 0) is 4.74 Å². The number of ether oxygens (including phenoxy) is 1. The molecular formula is C11H14NO2+. The summed E-state index contributed by atoms with van der Waals surface area (Å²) in [6, 6.07) is 0. The van der Waals surface area contributed by atoms with Crippen LogP contribution < -0.4 is 4.67 Å². The summed E-state index contributed by atoms with van der Waals surface area (Å²) in [7, 11) is 0. The maximum atomic E-state index is 9.77. The molecule has 1 unspecified atom stereocenters. The van der Waals surface area contributed by atoms with E-state index < -0.39 is 5.60 Å². The van der Waals surface area contributed by atoms with Crippen molar-refractivity contribution in [3.63, 3.8) is 0 Å². The summed E-state index contributed by atoms with van der Waals surface area (Å²) in [6.07, 6.45) is 5.41. The van der Waals surface area contributed by atoms with Crippen LogP contribution in [0.3, 0.4) is 0 Å². The van der Waals surface area contributed by atoms with Crippen molar-refractivity contribution in [2.24, 2.45) is 5.92 Å². The number of allylic oxidation sites excluding steroid dienone is 3. The van der Waals surface area contributed by atoms with Crippen molar-refractivity contribution in [1.29, 1.82) is 0 Å². The molecule has 3 heteroatoms. The van der Waals surface area contributed by atoms with E-state index in [1.807, 2.05) is 26.8 Å². The van der Waals surface area contributed by atoms with Crippen LogP contribution in [0.1, 0.15) is 20.8 Å². The van der Waals surface area contributed by atoms with Gasteiger partial charge in [-0.05, 0) is 19.9 Å². The highest BCUT2D eigenvalue weighted by molar-refractivity contribution is 6.03. The van der Waals surface area contributed by atoms with E-state index in [4.69, 9.17) is 4.74 Å². The SMILES string of the molecule is CC1=[N+]=C2C=CC=C(O)C2C(C)(C)O1. The number of nitrogens with zero attached hydrogens (tertiary/aromatic N) is 1. The van der Waals surface area contributed by atoms with Gasteiger partial charge in [0.1, 0.15) is 11.4 Å². The van der Waals surface area contributed by atoms with E-state index in [1.165, 1.54) is 0 Å². The van der Waals surface area contributed by atoms with Gasteiger partial charge in [0.05, 0.1) is 6.92 Å². The zero-order valence-corrected chi connectivity index (χ0v) is 8.61. The van der Waals surface area contributed by atoms with Crippen molar-refractivity contribution in [1.82, 2.24) is 4.67 Å². The van der Waals surface area contributed by atoms with Crippen LogP contribution in [0.4, 0.5) is 0 Å². The number of hydrogen-bond acceptors (Lipinski definition) is 2. The molecule has 3 nitrogen and oxygen atoms in total. The number of hydrogen-bond donors (Lipinski definition) is 1. The van der Waals surface area contributed by atoms with Crippen LogP contribution in [0.5, 0.6) is 0 Å². The number of aliphatic hydroxyl groups is 1. The molecular weight excluding hydrogens is 178 g/mol. The second kappa shape index (κ2) is 2.76. The van der Waals surface area contributed by atoms with Crippen molar-refractivity contribution < 1.29 is 9.84 Å². The molecule has 0 saturated carbocycles. The first-order chi connectivity index (χ1) is 6.50. The Bertz CT molecular complexity index is 396. The summed E-state index contributed by atoms with van der Waals surface area (Å²) < 4.78 is 9.88. The molecule has 1 heterocycles. The van der Waals surface area contributed by atoms with Crippen LogP contribution in [0.2, 0.25) is 0 Å². The first-order valence-corrected chi connectivity index (χ1v) is 4.69. The molecule has 74 valence electrons. The van der Waals surface area contributed by atoms with Gasteiger partial charge in [0.15, 0.2) is 5.92 Å². The Morgan fingerprint density at radius 3 is 2.93 bits per heavy atom. The standard InChI is InChI=1S/C11H13NO2/c1-7-12-8-5-4-6-9(13)10(8)11(2,3)14-7/h4-6,10H,1-3H3/p+1. The van der Waals surface area contributed by atoms with Crippen molar-refractivity contribution >= 4 is 11.6 Å². The number of aliphatic hydroxyl groups excluding tert-OH is 1. The van der Waals surface area contributed by atoms with Gasteiger partial charge < -0.3 is 9.84 Å². The van der Waals surface area contributed by atoms with Crippen LogP contribution in [0.25, 0.3) is 0 Å². The highest BCUT2D eigenvalue weighted by Crippen LogP contribution is 2.31. The highest BCUT2D eigenvalue weighted by Gasteiger charge is 2.47. The zero-order chi connectivity index (χ0) is 10.3. The minimum atomic E-state index is -0.424. The third-order valence-electron chi connectivity index (χ3n) is 2.52. The molecule has 0 saturated heterocycles. The van der Waals surface area contributed by atoms with Crippen LogP contribution in [0.15, 0.2) is 24.0 Å². The van der Waals surface area contributed by atoms with E-state index >= 15 is 0 Å². The first kappa shape index (κ1) is 9.10. The topological polar surface area (TPSA) is 43.6 Å². The predicted octanol–water partition coefficient (Wildman–Crippen LogP) is 1.35. The maximum Gasteiger partial charge on any atom is 0.459 e. The largest absolute Gasteiger partial charge is 0.511 e. The average molecular weight is 192 g/mol. The normalized spacial score (nSPS) is 28.2. The van der Waals surface area contributed by atoms with Gasteiger partial charge in [-0.2, -0.15) is 0 Å². The molecule has 1 aliphatic heterocycles. The van der Waals surface area contributed by atoms with E-state index in [9.17, 15) is 5.11 Å². The van der Waals surface area contributed by atoms with E-state index in [0.29, 0.717) is 11.7 Å². The summed E-state index contributed by atoms with van der Waals surface area (Å²) >= 11 is 0. The van der Waals surface area contributed by atoms with Crippen molar-refractivity contribution in [3.05, 3.63) is 24.0 Å². The van der Waals surface area contributed by atoms with Gasteiger partial charge in [0, 0.05) is 6.08 Å². The van der Waals surface area contributed by atoms with Gasteiger partial charge in [-0.15, -0.1) is 0 Å². The third-order valence-corrected chi connectivity index (χ3v) is 2.52. The number of fused-ring (bicyclic) bond motifs is 1. The molecule has 0 spiro atoms. The Labute approximate surface area is 83.1 Å². The molecule has 1 N–H and O–H groups in total. The molecule has 2 aliphatic rings. The Balaban J connectivity index is 2.56. The first-order valence-electron chi connectivity index (χ1n) is 4.69. The third kappa shape index (κ3) is 1.26. The fraction of sp³-hybridized carbons (Fsp3) is 0.455. The lowest BCUT2D eigenvalue weighted by Gasteiger charge is -2.31. The Morgan fingerprint density at radius 2 is 2.21 bits per heavy atom. The average Bonchev–Trinajstić information content (AvgIpc) is 2.00. The Morgan fingerprint density at radius 1 is 1.50 bits per heavy atom. The highest BCUT2D eigenvalue weighted by atomic mass is 16.5. The van der Waals surface area contributed by atoms with E-state index in [0.717, 1.165) is 5.71 Å². The minimum Gasteiger partial charge on any atom is -0.511 e. The van der Waals surface area contributed by atoms with E-state index in [1.54, 1.807) is 12.2 Å². The molecule has 1 aliphatic carbocycles. The molecule has 0 fully saturated rings. The summed E-state index contributed by atoms with van der Waals surface area (Å²) in [5, 5.41) is 9.77. The molecule has 0 radical (unpaired) electrons. The second-order valence-electron chi connectivity index (χ2n) is 4.14. The predicted molar refractivity (Wildman–Crippen MR) is 56.3 cm³/mol. The van der Waals surface area contributed by atoms with Crippen LogP contribution >= 0.6 is 0 Å². The summed E-state index contributed by atoms with van der Waals surface area (Å²) in [6.45, 7) is 5.74. The van der Waals surface area contributed by atoms with Crippen molar-refractivity contribution in [3.8, 4) is 0 Å². The fourth-order valence-corrected chi connectivity index (χ4v) is 2.05. The summed E-state index contributed by atoms with van der Waals surface area (Å²) in [5.74, 6) is 0.834. The lowest BCUT2D eigenvalue weighted by atomic mass is 9.82. The quantitative estimate of drug-likeness (QED) is 0.589. The molecule has 0 aromatic carbocycles. The van der Waals surface area contributed by atoms with Crippen LogP contribution in [-0.4, -0.2) is 22.3 Å².